The maximum atomic E-state index is 2.98. The van der Waals surface area contributed by atoms with Gasteiger partial charge in [0, 0.05) is 5.16 Å². The minimum absolute atomic E-state index is 0.200. The fourth-order valence-electron chi connectivity index (χ4n) is 2.10. The van der Waals surface area contributed by atoms with Crippen LogP contribution in [0.5, 0.6) is 0 Å². The van der Waals surface area contributed by atoms with Gasteiger partial charge in [-0.1, -0.05) is 42.4 Å². The van der Waals surface area contributed by atoms with Crippen molar-refractivity contribution in [1.29, 1.82) is 0 Å². The Hall–Kier alpha value is -0.350. The molecule has 1 rings (SSSR count). The number of allylic oxidation sites excluding steroid dienone is 6. The molecule has 0 amide bonds. The fraction of sp³-hybridized carbons (Fsp3) is 0.538. The van der Waals surface area contributed by atoms with Gasteiger partial charge < -0.3 is 0 Å². The van der Waals surface area contributed by atoms with E-state index in [0.29, 0.717) is 5.92 Å². The molecule has 0 aliphatic heterocycles. The molecule has 0 radical (unpaired) electrons. The maximum Gasteiger partial charge on any atom is 0.00644 e. The van der Waals surface area contributed by atoms with Crippen LogP contribution < -0.4 is 0 Å². The van der Waals surface area contributed by atoms with Gasteiger partial charge in [0.05, 0.1) is 0 Å². The summed E-state index contributed by atoms with van der Waals surface area (Å²) in [5, 5.41) is 0.200. The molecule has 0 aromatic heterocycles. The molecule has 78 valence electrons. The number of hydrogen-bond donors (Lipinski definition) is 0. The molecule has 0 fully saturated rings. The van der Waals surface area contributed by atoms with E-state index in [1.54, 1.807) is 0 Å². The van der Waals surface area contributed by atoms with E-state index < -0.39 is 0 Å². The van der Waals surface area contributed by atoms with E-state index in [2.05, 4.69) is 61.2 Å². The molecular formula is C13H21P. The summed E-state index contributed by atoms with van der Waals surface area (Å²) in [7, 11) is 2.98. The molecule has 1 heteroatoms. The van der Waals surface area contributed by atoms with Crippen LogP contribution in [0.25, 0.3) is 0 Å². The molecule has 0 bridgehead atoms. The van der Waals surface area contributed by atoms with Crippen molar-refractivity contribution in [2.24, 2.45) is 5.92 Å². The van der Waals surface area contributed by atoms with Crippen molar-refractivity contribution >= 4 is 9.24 Å². The molecule has 1 aliphatic carbocycles. The molecule has 0 heterocycles. The maximum absolute atomic E-state index is 2.98. The van der Waals surface area contributed by atoms with E-state index in [9.17, 15) is 0 Å². The van der Waals surface area contributed by atoms with Crippen molar-refractivity contribution in [1.82, 2.24) is 0 Å². The SMILES string of the molecule is CC=CC(C)(P)C1C=C(C)C=C(C)C1. The fourth-order valence-corrected chi connectivity index (χ4v) is 2.51. The van der Waals surface area contributed by atoms with Crippen molar-refractivity contribution < 1.29 is 0 Å². The summed E-state index contributed by atoms with van der Waals surface area (Å²) >= 11 is 0. The van der Waals surface area contributed by atoms with E-state index in [4.69, 9.17) is 0 Å². The van der Waals surface area contributed by atoms with Gasteiger partial charge in [-0.15, -0.1) is 9.24 Å². The lowest BCUT2D eigenvalue weighted by Gasteiger charge is -2.32. The van der Waals surface area contributed by atoms with Crippen LogP contribution in [0.1, 0.15) is 34.1 Å². The average Bonchev–Trinajstić information content (AvgIpc) is 2.02. The lowest BCUT2D eigenvalue weighted by atomic mass is 9.82. The zero-order valence-electron chi connectivity index (χ0n) is 9.67. The van der Waals surface area contributed by atoms with Crippen molar-refractivity contribution in [3.8, 4) is 0 Å². The highest BCUT2D eigenvalue weighted by Crippen LogP contribution is 2.37. The summed E-state index contributed by atoms with van der Waals surface area (Å²) in [6, 6.07) is 0. The lowest BCUT2D eigenvalue weighted by Crippen LogP contribution is -2.25. The average molecular weight is 208 g/mol. The summed E-state index contributed by atoms with van der Waals surface area (Å²) in [5.41, 5.74) is 2.89. The van der Waals surface area contributed by atoms with Crippen LogP contribution in [-0.2, 0) is 0 Å². The van der Waals surface area contributed by atoms with Gasteiger partial charge in [0.25, 0.3) is 0 Å². The summed E-state index contributed by atoms with van der Waals surface area (Å²) in [5.74, 6) is 0.619. The van der Waals surface area contributed by atoms with Crippen LogP contribution >= 0.6 is 9.24 Å². The van der Waals surface area contributed by atoms with E-state index in [1.165, 1.54) is 17.6 Å². The van der Waals surface area contributed by atoms with Crippen LogP contribution in [0.2, 0.25) is 0 Å². The minimum Gasteiger partial charge on any atom is -0.127 e. The third-order valence-electron chi connectivity index (χ3n) is 2.80. The highest BCUT2D eigenvalue weighted by atomic mass is 31.0. The first kappa shape index (κ1) is 11.7. The molecule has 3 atom stereocenters. The monoisotopic (exact) mass is 208 g/mol. The highest BCUT2D eigenvalue weighted by Gasteiger charge is 2.26. The van der Waals surface area contributed by atoms with E-state index in [0.717, 1.165) is 0 Å². The summed E-state index contributed by atoms with van der Waals surface area (Å²) in [6.45, 7) is 8.78. The van der Waals surface area contributed by atoms with Crippen LogP contribution in [0.3, 0.4) is 0 Å². The van der Waals surface area contributed by atoms with Gasteiger partial charge in [0.2, 0.25) is 0 Å². The van der Waals surface area contributed by atoms with E-state index in [-0.39, 0.29) is 5.16 Å². The minimum atomic E-state index is 0.200. The first-order valence-corrected chi connectivity index (χ1v) is 5.82. The quantitative estimate of drug-likeness (QED) is 0.473. The van der Waals surface area contributed by atoms with Gasteiger partial charge in [-0.3, -0.25) is 0 Å². The molecule has 0 aromatic rings. The molecular weight excluding hydrogens is 187 g/mol. The zero-order valence-corrected chi connectivity index (χ0v) is 10.8. The van der Waals surface area contributed by atoms with Crippen molar-refractivity contribution in [3.05, 3.63) is 35.5 Å². The lowest BCUT2D eigenvalue weighted by molar-refractivity contribution is 0.539. The number of rotatable bonds is 2. The predicted octanol–water partition coefficient (Wildman–Crippen LogP) is 4.11. The second-order valence-corrected chi connectivity index (χ2v) is 5.82. The van der Waals surface area contributed by atoms with Gasteiger partial charge >= 0.3 is 0 Å². The third kappa shape index (κ3) is 2.82. The predicted molar refractivity (Wildman–Crippen MR) is 68.6 cm³/mol. The van der Waals surface area contributed by atoms with Gasteiger partial charge in [0.15, 0.2) is 0 Å². The molecule has 1 aliphatic rings. The van der Waals surface area contributed by atoms with Crippen LogP contribution in [0.15, 0.2) is 35.5 Å². The van der Waals surface area contributed by atoms with Crippen molar-refractivity contribution in [2.75, 3.05) is 0 Å². The molecule has 0 N–H and O–H groups in total. The Morgan fingerprint density at radius 1 is 1.50 bits per heavy atom. The van der Waals surface area contributed by atoms with Crippen LogP contribution in [0, 0.1) is 5.92 Å². The Kier molecular flexibility index (Phi) is 3.72. The molecule has 3 unspecified atom stereocenters. The summed E-state index contributed by atoms with van der Waals surface area (Å²) in [6.07, 6.45) is 10.3. The van der Waals surface area contributed by atoms with Gasteiger partial charge in [-0.2, -0.15) is 0 Å². The largest absolute Gasteiger partial charge is 0.127 e. The Morgan fingerprint density at radius 2 is 2.14 bits per heavy atom. The van der Waals surface area contributed by atoms with Crippen molar-refractivity contribution in [2.45, 2.75) is 39.3 Å². The number of hydrogen-bond acceptors (Lipinski definition) is 0. The Balaban J connectivity index is 2.87. The van der Waals surface area contributed by atoms with E-state index >= 15 is 0 Å². The van der Waals surface area contributed by atoms with E-state index in [1.807, 2.05) is 0 Å². The van der Waals surface area contributed by atoms with Gasteiger partial charge in [-0.25, -0.2) is 0 Å². The first-order valence-electron chi connectivity index (χ1n) is 5.24. The normalized spacial score (nSPS) is 27.1. The van der Waals surface area contributed by atoms with Gasteiger partial charge in [-0.05, 0) is 33.1 Å². The topological polar surface area (TPSA) is 0 Å². The second-order valence-electron chi connectivity index (χ2n) is 4.58. The molecule has 0 nitrogen and oxygen atoms in total. The third-order valence-corrected chi connectivity index (χ3v) is 3.43. The standard InChI is InChI=1S/C13H21P/c1-5-6-13(4,14)12-8-10(2)7-11(3)9-12/h5-8,12H,9,14H2,1-4H3. The zero-order chi connectivity index (χ0) is 10.8. The molecule has 0 saturated carbocycles. The van der Waals surface area contributed by atoms with Crippen molar-refractivity contribution in [3.63, 3.8) is 0 Å². The molecule has 0 spiro atoms. The Morgan fingerprint density at radius 3 is 2.64 bits per heavy atom. The smallest absolute Gasteiger partial charge is 0.00644 e. The molecule has 0 aromatic carbocycles. The van der Waals surface area contributed by atoms with Crippen LogP contribution in [-0.4, -0.2) is 5.16 Å². The molecule has 0 saturated heterocycles. The van der Waals surface area contributed by atoms with Crippen LogP contribution in [0.4, 0.5) is 0 Å². The first-order chi connectivity index (χ1) is 6.45. The summed E-state index contributed by atoms with van der Waals surface area (Å²) in [4.78, 5) is 0. The second kappa shape index (κ2) is 4.45. The van der Waals surface area contributed by atoms with Gasteiger partial charge in [0.1, 0.15) is 0 Å². The Labute approximate surface area is 90.4 Å². The summed E-state index contributed by atoms with van der Waals surface area (Å²) < 4.78 is 0. The highest BCUT2D eigenvalue weighted by molar-refractivity contribution is 7.19. The Bertz CT molecular complexity index is 292. The molecule has 14 heavy (non-hydrogen) atoms.